The van der Waals surface area contributed by atoms with E-state index in [0.29, 0.717) is 5.82 Å². The Labute approximate surface area is 159 Å². The predicted molar refractivity (Wildman–Crippen MR) is 102 cm³/mol. The number of rotatable bonds is 4. The van der Waals surface area contributed by atoms with Gasteiger partial charge >= 0.3 is 5.69 Å². The third-order valence-electron chi connectivity index (χ3n) is 4.88. The summed E-state index contributed by atoms with van der Waals surface area (Å²) in [4.78, 5) is 51.5. The molecule has 11 nitrogen and oxygen atoms in total. The van der Waals surface area contributed by atoms with Gasteiger partial charge in [-0.1, -0.05) is 0 Å². The van der Waals surface area contributed by atoms with Gasteiger partial charge in [-0.15, -0.1) is 0 Å². The van der Waals surface area contributed by atoms with E-state index in [0.717, 1.165) is 36.3 Å². The first-order valence-electron chi connectivity index (χ1n) is 8.93. The molecule has 1 N–H and O–H groups in total. The molecule has 0 radical (unpaired) electrons. The van der Waals surface area contributed by atoms with Crippen molar-refractivity contribution in [1.82, 2.24) is 28.7 Å². The number of aromatic nitrogens is 6. The first-order chi connectivity index (χ1) is 13.5. The number of carbonyl (C=O) groups excluding carboxylic acids is 1. The molecule has 0 unspecified atom stereocenters. The molecule has 11 heteroatoms. The highest BCUT2D eigenvalue weighted by Crippen LogP contribution is 2.19. The van der Waals surface area contributed by atoms with E-state index in [1.807, 2.05) is 0 Å². The topological polar surface area (TPSA) is 120 Å². The van der Waals surface area contributed by atoms with Crippen LogP contribution in [-0.2, 0) is 25.4 Å². The van der Waals surface area contributed by atoms with Crippen LogP contribution < -0.4 is 21.5 Å². The summed E-state index contributed by atoms with van der Waals surface area (Å²) in [5, 5.41) is 2.73. The van der Waals surface area contributed by atoms with E-state index in [1.165, 1.54) is 35.9 Å². The zero-order valence-electron chi connectivity index (χ0n) is 15.6. The summed E-state index contributed by atoms with van der Waals surface area (Å²) in [5.74, 6) is 0.813. The largest absolute Gasteiger partial charge is 0.356 e. The summed E-state index contributed by atoms with van der Waals surface area (Å²) in [6.07, 6.45) is 5.04. The molecule has 3 aromatic rings. The third-order valence-corrected chi connectivity index (χ3v) is 4.88. The molecular formula is C17H20N8O3. The highest BCUT2D eigenvalue weighted by atomic mass is 16.2. The number of nitrogens with zero attached hydrogens (tertiary/aromatic N) is 7. The van der Waals surface area contributed by atoms with E-state index >= 15 is 0 Å². The van der Waals surface area contributed by atoms with E-state index in [1.54, 1.807) is 6.07 Å². The van der Waals surface area contributed by atoms with Gasteiger partial charge in [-0.2, -0.15) is 0 Å². The molecule has 146 valence electrons. The molecule has 1 saturated heterocycles. The number of hydrogen-bond acceptors (Lipinski definition) is 7. The van der Waals surface area contributed by atoms with Gasteiger partial charge in [0, 0.05) is 33.3 Å². The maximum Gasteiger partial charge on any atom is 0.332 e. The second kappa shape index (κ2) is 6.91. The molecule has 4 rings (SSSR count). The smallest absolute Gasteiger partial charge is 0.332 e. The minimum Gasteiger partial charge on any atom is -0.356 e. The molecule has 0 bridgehead atoms. The summed E-state index contributed by atoms with van der Waals surface area (Å²) in [5.41, 5.74) is -0.538. The van der Waals surface area contributed by atoms with Crippen molar-refractivity contribution in [1.29, 1.82) is 0 Å². The second-order valence-corrected chi connectivity index (χ2v) is 6.75. The molecule has 28 heavy (non-hydrogen) atoms. The predicted octanol–water partition coefficient (Wildman–Crippen LogP) is -0.537. The van der Waals surface area contributed by atoms with Crippen LogP contribution in [0.5, 0.6) is 0 Å². The van der Waals surface area contributed by atoms with E-state index in [2.05, 4.69) is 25.2 Å². The Hall–Kier alpha value is -3.50. The number of aryl methyl sites for hydroxylation is 1. The first kappa shape index (κ1) is 17.9. The summed E-state index contributed by atoms with van der Waals surface area (Å²) in [7, 11) is 2.92. The van der Waals surface area contributed by atoms with Gasteiger partial charge in [0.2, 0.25) is 5.91 Å². The lowest BCUT2D eigenvalue weighted by atomic mass is 10.4. The number of amides is 1. The molecule has 0 aromatic carbocycles. The molecule has 1 aliphatic heterocycles. The molecule has 0 spiro atoms. The molecule has 1 fully saturated rings. The number of hydrogen-bond donors (Lipinski definition) is 1. The van der Waals surface area contributed by atoms with Gasteiger partial charge in [-0.05, 0) is 12.8 Å². The number of nitrogens with one attached hydrogen (secondary N) is 1. The fourth-order valence-electron chi connectivity index (χ4n) is 3.39. The van der Waals surface area contributed by atoms with Crippen LogP contribution in [0.25, 0.3) is 11.2 Å². The van der Waals surface area contributed by atoms with Crippen LogP contribution in [0.4, 0.5) is 11.6 Å². The first-order valence-corrected chi connectivity index (χ1v) is 8.93. The van der Waals surface area contributed by atoms with Crippen molar-refractivity contribution in [2.45, 2.75) is 19.4 Å². The molecule has 4 heterocycles. The summed E-state index contributed by atoms with van der Waals surface area (Å²) in [6, 6.07) is 1.73. The van der Waals surface area contributed by atoms with Gasteiger partial charge in [-0.25, -0.2) is 19.7 Å². The van der Waals surface area contributed by atoms with Gasteiger partial charge in [0.15, 0.2) is 11.2 Å². The average molecular weight is 384 g/mol. The molecule has 1 aliphatic rings. The Balaban J connectivity index is 1.57. The Morgan fingerprint density at radius 2 is 1.86 bits per heavy atom. The minimum atomic E-state index is -0.498. The second-order valence-electron chi connectivity index (χ2n) is 6.75. The van der Waals surface area contributed by atoms with E-state index in [9.17, 15) is 14.4 Å². The Morgan fingerprint density at radius 1 is 1.11 bits per heavy atom. The van der Waals surface area contributed by atoms with Gasteiger partial charge in [-0.3, -0.25) is 18.7 Å². The van der Waals surface area contributed by atoms with Crippen molar-refractivity contribution in [2.24, 2.45) is 14.1 Å². The lowest BCUT2D eigenvalue weighted by Crippen LogP contribution is -2.37. The fraction of sp³-hybridized carbons (Fsp3) is 0.412. The van der Waals surface area contributed by atoms with Crippen molar-refractivity contribution in [3.63, 3.8) is 0 Å². The van der Waals surface area contributed by atoms with E-state index in [4.69, 9.17) is 0 Å². The SMILES string of the molecule is Cn1c(=O)c2c(ncn2CC(=O)Nc2cc(N3CCCC3)ncn2)n(C)c1=O. The summed E-state index contributed by atoms with van der Waals surface area (Å²) >= 11 is 0. The van der Waals surface area contributed by atoms with Crippen molar-refractivity contribution in [3.05, 3.63) is 39.6 Å². The summed E-state index contributed by atoms with van der Waals surface area (Å²) < 4.78 is 3.69. The lowest BCUT2D eigenvalue weighted by molar-refractivity contribution is -0.116. The number of imidazole rings is 1. The molecule has 0 atom stereocenters. The highest BCUT2D eigenvalue weighted by molar-refractivity contribution is 5.90. The monoisotopic (exact) mass is 384 g/mol. The normalized spacial score (nSPS) is 14.0. The fourth-order valence-corrected chi connectivity index (χ4v) is 3.39. The summed E-state index contributed by atoms with van der Waals surface area (Å²) in [6.45, 7) is 1.74. The molecule has 1 amide bonds. The Morgan fingerprint density at radius 3 is 2.61 bits per heavy atom. The average Bonchev–Trinajstić information content (AvgIpc) is 3.35. The van der Waals surface area contributed by atoms with E-state index in [-0.39, 0.29) is 23.6 Å². The quantitative estimate of drug-likeness (QED) is 0.641. The third kappa shape index (κ3) is 3.04. The van der Waals surface area contributed by atoms with Gasteiger partial charge < -0.3 is 14.8 Å². The maximum atomic E-state index is 12.5. The molecule has 0 aliphatic carbocycles. The lowest BCUT2D eigenvalue weighted by Gasteiger charge is -2.16. The van der Waals surface area contributed by atoms with Crippen LogP contribution in [0.2, 0.25) is 0 Å². The van der Waals surface area contributed by atoms with Crippen molar-refractivity contribution in [3.8, 4) is 0 Å². The van der Waals surface area contributed by atoms with Crippen LogP contribution in [-0.4, -0.2) is 47.6 Å². The van der Waals surface area contributed by atoms with Crippen LogP contribution in [0.3, 0.4) is 0 Å². The molecular weight excluding hydrogens is 364 g/mol. The zero-order valence-corrected chi connectivity index (χ0v) is 15.6. The number of anilines is 2. The minimum absolute atomic E-state index is 0.132. The highest BCUT2D eigenvalue weighted by Gasteiger charge is 2.17. The van der Waals surface area contributed by atoms with E-state index < -0.39 is 11.2 Å². The Bertz CT molecular complexity index is 1170. The van der Waals surface area contributed by atoms with Crippen molar-refractivity contribution < 1.29 is 4.79 Å². The van der Waals surface area contributed by atoms with Crippen LogP contribution in [0.1, 0.15) is 12.8 Å². The van der Waals surface area contributed by atoms with Gasteiger partial charge in [0.05, 0.1) is 6.33 Å². The molecule has 3 aromatic heterocycles. The van der Waals surface area contributed by atoms with Crippen LogP contribution in [0.15, 0.2) is 28.3 Å². The zero-order chi connectivity index (χ0) is 19.8. The number of carbonyl (C=O) groups is 1. The maximum absolute atomic E-state index is 12.5. The van der Waals surface area contributed by atoms with Crippen LogP contribution in [0, 0.1) is 0 Å². The van der Waals surface area contributed by atoms with Crippen LogP contribution >= 0.6 is 0 Å². The van der Waals surface area contributed by atoms with Crippen molar-refractivity contribution in [2.75, 3.05) is 23.3 Å². The standard InChI is InChI=1S/C17H20N8O3/c1-22-15-14(16(27)23(2)17(22)28)25(10-20-15)8-13(26)21-11-7-12(19-9-18-11)24-5-3-4-6-24/h7,9-10H,3-6,8H2,1-2H3,(H,18,19,21,26). The molecule has 0 saturated carbocycles. The van der Waals surface area contributed by atoms with Gasteiger partial charge in [0.25, 0.3) is 5.56 Å². The number of fused-ring (bicyclic) bond motifs is 1. The van der Waals surface area contributed by atoms with Gasteiger partial charge in [0.1, 0.15) is 24.5 Å². The van der Waals surface area contributed by atoms with Crippen molar-refractivity contribution >= 4 is 28.7 Å². The Kier molecular flexibility index (Phi) is 4.41.